The van der Waals surface area contributed by atoms with Gasteiger partial charge < -0.3 is 4.74 Å². The predicted molar refractivity (Wildman–Crippen MR) is 68.9 cm³/mol. The van der Waals surface area contributed by atoms with Gasteiger partial charge >= 0.3 is 5.69 Å². The highest BCUT2D eigenvalue weighted by Gasteiger charge is 2.14. The van der Waals surface area contributed by atoms with Gasteiger partial charge in [0.05, 0.1) is 18.4 Å². The fraction of sp³-hybridized carbons (Fsp3) is 0.167. The summed E-state index contributed by atoms with van der Waals surface area (Å²) in [5.74, 6) is -0.384. The summed E-state index contributed by atoms with van der Waals surface area (Å²) in [7, 11) is 1.40. The Hall–Kier alpha value is -2.08. The zero-order chi connectivity index (χ0) is 14.2. The summed E-state index contributed by atoms with van der Waals surface area (Å²) in [6.45, 7) is 1.44. The van der Waals surface area contributed by atoms with Crippen LogP contribution in [0.3, 0.4) is 0 Å². The summed E-state index contributed by atoms with van der Waals surface area (Å²) in [5, 5.41) is -0.0606. The molecule has 0 bridgehead atoms. The molecule has 0 saturated carbocycles. The van der Waals surface area contributed by atoms with E-state index >= 15 is 0 Å². The Bertz CT molecular complexity index is 752. The summed E-state index contributed by atoms with van der Waals surface area (Å²) in [4.78, 5) is 26.1. The Balaban J connectivity index is 2.83. The number of ether oxygens (including phenoxy) is 1. The maximum Gasteiger partial charge on any atom is 0.334 e. The Morgan fingerprint density at radius 2 is 2.05 bits per heavy atom. The lowest BCUT2D eigenvalue weighted by atomic mass is 10.2. The fourth-order valence-corrected chi connectivity index (χ4v) is 1.77. The molecule has 0 spiro atoms. The zero-order valence-electron chi connectivity index (χ0n) is 10.2. The number of H-pyrrole nitrogens is 1. The van der Waals surface area contributed by atoms with Gasteiger partial charge in [0.25, 0.3) is 5.56 Å². The molecular weight excluding hydrogens is 275 g/mol. The third kappa shape index (κ3) is 2.26. The van der Waals surface area contributed by atoms with Crippen molar-refractivity contribution < 1.29 is 9.13 Å². The molecule has 1 heterocycles. The van der Waals surface area contributed by atoms with Crippen molar-refractivity contribution in [2.24, 2.45) is 0 Å². The third-order valence-corrected chi connectivity index (χ3v) is 3.05. The van der Waals surface area contributed by atoms with Gasteiger partial charge in [-0.3, -0.25) is 9.78 Å². The van der Waals surface area contributed by atoms with E-state index in [4.69, 9.17) is 16.3 Å². The van der Waals surface area contributed by atoms with Gasteiger partial charge in [-0.15, -0.1) is 0 Å². The number of benzene rings is 1. The van der Waals surface area contributed by atoms with Gasteiger partial charge in [-0.1, -0.05) is 11.6 Å². The second kappa shape index (κ2) is 4.89. The van der Waals surface area contributed by atoms with Crippen LogP contribution in [0.15, 0.2) is 27.8 Å². The highest BCUT2D eigenvalue weighted by Crippen LogP contribution is 2.18. The molecule has 2 rings (SSSR count). The van der Waals surface area contributed by atoms with Gasteiger partial charge in [0.2, 0.25) is 0 Å². The van der Waals surface area contributed by atoms with E-state index in [2.05, 4.69) is 4.98 Å². The number of nitrogens with one attached hydrogen (secondary N) is 1. The number of nitrogens with zero attached hydrogens (tertiary/aromatic N) is 1. The quantitative estimate of drug-likeness (QED) is 0.853. The van der Waals surface area contributed by atoms with Crippen LogP contribution in [0.5, 0.6) is 5.75 Å². The van der Waals surface area contributed by atoms with Crippen LogP contribution in [0.25, 0.3) is 5.69 Å². The summed E-state index contributed by atoms with van der Waals surface area (Å²) in [6, 6.07) is 3.77. The molecule has 0 aliphatic carbocycles. The normalized spacial score (nSPS) is 10.5. The lowest BCUT2D eigenvalue weighted by molar-refractivity contribution is 0.413. The van der Waals surface area contributed by atoms with Crippen LogP contribution in [-0.4, -0.2) is 16.7 Å². The highest BCUT2D eigenvalue weighted by atomic mass is 35.5. The maximum atomic E-state index is 13.8. The molecule has 5 nitrogen and oxygen atoms in total. The van der Waals surface area contributed by atoms with E-state index in [0.717, 1.165) is 6.07 Å². The number of rotatable bonds is 2. The van der Waals surface area contributed by atoms with E-state index in [0.29, 0.717) is 10.3 Å². The molecule has 0 saturated heterocycles. The van der Waals surface area contributed by atoms with E-state index in [1.807, 2.05) is 0 Å². The fourth-order valence-electron chi connectivity index (χ4n) is 1.61. The van der Waals surface area contributed by atoms with E-state index in [1.54, 1.807) is 0 Å². The predicted octanol–water partition coefficient (Wildman–Crippen LogP) is 1.64. The molecular formula is C12H10ClFN2O3. The van der Waals surface area contributed by atoms with E-state index in [9.17, 15) is 14.0 Å². The van der Waals surface area contributed by atoms with Crippen molar-refractivity contribution in [3.63, 3.8) is 0 Å². The molecule has 1 N–H and O–H groups in total. The lowest BCUT2D eigenvalue weighted by Crippen LogP contribution is -2.35. The van der Waals surface area contributed by atoms with E-state index in [1.165, 1.54) is 26.2 Å². The number of hydrogen-bond donors (Lipinski definition) is 1. The van der Waals surface area contributed by atoms with Crippen LogP contribution in [0.2, 0.25) is 5.15 Å². The highest BCUT2D eigenvalue weighted by molar-refractivity contribution is 6.30. The molecule has 19 heavy (non-hydrogen) atoms. The topological polar surface area (TPSA) is 64.1 Å². The molecule has 1 aromatic carbocycles. The van der Waals surface area contributed by atoms with Crippen LogP contribution in [0, 0.1) is 12.7 Å². The molecule has 0 atom stereocenters. The largest absolute Gasteiger partial charge is 0.497 e. The van der Waals surface area contributed by atoms with Gasteiger partial charge in [-0.25, -0.2) is 13.8 Å². The van der Waals surface area contributed by atoms with Crippen molar-refractivity contribution in [2.45, 2.75) is 6.92 Å². The molecule has 0 unspecified atom stereocenters. The first-order chi connectivity index (χ1) is 8.95. The van der Waals surface area contributed by atoms with Gasteiger partial charge in [-0.05, 0) is 19.1 Å². The van der Waals surface area contributed by atoms with Crippen molar-refractivity contribution in [1.82, 2.24) is 9.55 Å². The van der Waals surface area contributed by atoms with Gasteiger partial charge in [0, 0.05) is 6.07 Å². The van der Waals surface area contributed by atoms with Crippen molar-refractivity contribution in [3.8, 4) is 11.4 Å². The molecule has 2 aromatic rings. The van der Waals surface area contributed by atoms with Gasteiger partial charge in [0.1, 0.15) is 16.7 Å². The number of methoxy groups -OCH3 is 1. The molecule has 0 radical (unpaired) electrons. The lowest BCUT2D eigenvalue weighted by Gasteiger charge is -2.09. The third-order valence-electron chi connectivity index (χ3n) is 2.67. The summed E-state index contributed by atoms with van der Waals surface area (Å²) < 4.78 is 19.4. The minimum atomic E-state index is -0.812. The van der Waals surface area contributed by atoms with E-state index in [-0.39, 0.29) is 16.4 Å². The van der Waals surface area contributed by atoms with Crippen molar-refractivity contribution in [1.29, 1.82) is 0 Å². The summed E-state index contributed by atoms with van der Waals surface area (Å²) in [6.07, 6.45) is 0. The second-order valence-corrected chi connectivity index (χ2v) is 4.21. The van der Waals surface area contributed by atoms with Crippen molar-refractivity contribution in [2.75, 3.05) is 7.11 Å². The summed E-state index contributed by atoms with van der Waals surface area (Å²) >= 11 is 5.69. The Kier molecular flexibility index (Phi) is 3.44. The number of aromatic nitrogens is 2. The number of aromatic amines is 1. The second-order valence-electron chi connectivity index (χ2n) is 3.83. The Morgan fingerprint density at radius 1 is 1.37 bits per heavy atom. The van der Waals surface area contributed by atoms with Gasteiger partial charge in [0.15, 0.2) is 0 Å². The van der Waals surface area contributed by atoms with Crippen LogP contribution in [0.1, 0.15) is 5.56 Å². The molecule has 0 aliphatic heterocycles. The van der Waals surface area contributed by atoms with Gasteiger partial charge in [-0.2, -0.15) is 0 Å². The SMILES string of the molecule is COc1ccc(F)c(-n2c(=O)[nH]c(Cl)c(C)c2=O)c1. The van der Waals surface area contributed by atoms with Crippen LogP contribution in [-0.2, 0) is 0 Å². The summed E-state index contributed by atoms with van der Waals surface area (Å²) in [5.41, 5.74) is -1.55. The first kappa shape index (κ1) is 13.4. The Morgan fingerprint density at radius 3 is 2.68 bits per heavy atom. The molecule has 0 fully saturated rings. The monoisotopic (exact) mass is 284 g/mol. The molecule has 0 aliphatic rings. The first-order valence-corrected chi connectivity index (χ1v) is 5.69. The maximum absolute atomic E-state index is 13.8. The number of hydrogen-bond acceptors (Lipinski definition) is 3. The average Bonchev–Trinajstić information content (AvgIpc) is 2.38. The van der Waals surface area contributed by atoms with Crippen LogP contribution in [0.4, 0.5) is 4.39 Å². The standard InChI is InChI=1S/C12H10ClFN2O3/c1-6-10(13)15-12(18)16(11(6)17)9-5-7(19-2)3-4-8(9)14/h3-5H,1-2H3,(H,15,18). The Labute approximate surface area is 112 Å². The first-order valence-electron chi connectivity index (χ1n) is 5.31. The van der Waals surface area contributed by atoms with E-state index < -0.39 is 17.1 Å². The van der Waals surface area contributed by atoms with Crippen LogP contribution >= 0.6 is 11.6 Å². The number of halogens is 2. The molecule has 7 heteroatoms. The van der Waals surface area contributed by atoms with Crippen molar-refractivity contribution >= 4 is 11.6 Å². The zero-order valence-corrected chi connectivity index (χ0v) is 10.9. The molecule has 100 valence electrons. The smallest absolute Gasteiger partial charge is 0.334 e. The molecule has 0 amide bonds. The molecule has 1 aromatic heterocycles. The van der Waals surface area contributed by atoms with Crippen LogP contribution < -0.4 is 16.0 Å². The average molecular weight is 285 g/mol. The van der Waals surface area contributed by atoms with Crippen molar-refractivity contribution in [3.05, 3.63) is 55.6 Å². The minimum Gasteiger partial charge on any atom is -0.497 e. The minimum absolute atomic E-state index is 0.0606.